The highest BCUT2D eigenvalue weighted by atomic mass is 19.4. The molecule has 2 aromatic carbocycles. The molecule has 0 spiro atoms. The summed E-state index contributed by atoms with van der Waals surface area (Å²) in [5.74, 6) is 0.00593. The van der Waals surface area contributed by atoms with Crippen LogP contribution in [0.5, 0.6) is 11.6 Å². The molecule has 1 fully saturated rings. The number of carbonyl (C=O) groups excluding carboxylic acids is 1. The molecule has 0 bridgehead atoms. The van der Waals surface area contributed by atoms with Gasteiger partial charge >= 0.3 is 6.36 Å². The molecule has 0 N–H and O–H groups in total. The second-order valence-electron chi connectivity index (χ2n) is 6.97. The molecule has 4 rings (SSSR count). The van der Waals surface area contributed by atoms with Crippen LogP contribution in [0.15, 0.2) is 47.0 Å². The van der Waals surface area contributed by atoms with E-state index in [0.29, 0.717) is 48.7 Å². The first-order valence-corrected chi connectivity index (χ1v) is 9.57. The first-order valence-electron chi connectivity index (χ1n) is 9.57. The number of alkyl halides is 3. The average molecular weight is 436 g/mol. The molecular formula is C21H19F3N2O5. The minimum atomic E-state index is -4.74. The molecule has 0 amide bonds. The van der Waals surface area contributed by atoms with Crippen LogP contribution in [-0.2, 0) is 9.53 Å². The van der Waals surface area contributed by atoms with Crippen molar-refractivity contribution in [1.29, 1.82) is 0 Å². The van der Waals surface area contributed by atoms with Crippen molar-refractivity contribution < 1.29 is 36.7 Å². The van der Waals surface area contributed by atoms with Gasteiger partial charge < -0.3 is 23.5 Å². The van der Waals surface area contributed by atoms with Gasteiger partial charge in [0.15, 0.2) is 5.58 Å². The number of carbonyl (C=O) groups is 1. The zero-order valence-corrected chi connectivity index (χ0v) is 16.3. The molecule has 1 aliphatic heterocycles. The van der Waals surface area contributed by atoms with E-state index < -0.39 is 6.36 Å². The molecule has 0 radical (unpaired) electrons. The number of aldehydes is 1. The Morgan fingerprint density at radius 1 is 1.16 bits per heavy atom. The summed E-state index contributed by atoms with van der Waals surface area (Å²) < 4.78 is 57.6. The van der Waals surface area contributed by atoms with E-state index in [2.05, 4.69) is 9.89 Å². The summed E-state index contributed by atoms with van der Waals surface area (Å²) in [7, 11) is 0. The van der Waals surface area contributed by atoms with Crippen molar-refractivity contribution in [2.75, 3.05) is 32.9 Å². The summed E-state index contributed by atoms with van der Waals surface area (Å²) >= 11 is 0. The standard InChI is InChI=1S/C21H19F3N2O5/c22-21(23,24)30-17-4-1-14(2-5-17)15-3-6-19-18(11-15)20(25-31-19)29-13-16-12-28-10-8-26(16)7-9-27/h1-6,9,11,16H,7-8,10,12-13H2/t16-/m0/s1. The number of benzene rings is 2. The highest BCUT2D eigenvalue weighted by Crippen LogP contribution is 2.32. The van der Waals surface area contributed by atoms with Gasteiger partial charge in [-0.1, -0.05) is 18.2 Å². The maximum absolute atomic E-state index is 12.3. The molecule has 164 valence electrons. The molecule has 3 aromatic rings. The number of hydrogen-bond acceptors (Lipinski definition) is 7. The second-order valence-corrected chi connectivity index (χ2v) is 6.97. The minimum Gasteiger partial charge on any atom is -0.473 e. The lowest BCUT2D eigenvalue weighted by molar-refractivity contribution is -0.274. The van der Waals surface area contributed by atoms with Gasteiger partial charge in [0, 0.05) is 6.54 Å². The van der Waals surface area contributed by atoms with Crippen LogP contribution in [0, 0.1) is 0 Å². The predicted octanol–water partition coefficient (Wildman–Crippen LogP) is 3.67. The first-order chi connectivity index (χ1) is 14.9. The van der Waals surface area contributed by atoms with Crippen molar-refractivity contribution in [3.8, 4) is 22.8 Å². The molecule has 2 heterocycles. The van der Waals surface area contributed by atoms with Gasteiger partial charge in [-0.15, -0.1) is 13.2 Å². The van der Waals surface area contributed by atoms with E-state index in [1.807, 2.05) is 4.90 Å². The van der Waals surface area contributed by atoms with Gasteiger partial charge in [0.25, 0.3) is 5.88 Å². The van der Waals surface area contributed by atoms with Gasteiger partial charge in [-0.3, -0.25) is 4.90 Å². The summed E-state index contributed by atoms with van der Waals surface area (Å²) in [6, 6.07) is 10.8. The molecule has 10 heteroatoms. The highest BCUT2D eigenvalue weighted by Gasteiger charge is 2.31. The quantitative estimate of drug-likeness (QED) is 0.523. The lowest BCUT2D eigenvalue weighted by atomic mass is 10.0. The fraction of sp³-hybridized carbons (Fsp3) is 0.333. The van der Waals surface area contributed by atoms with Crippen molar-refractivity contribution in [2.45, 2.75) is 12.4 Å². The molecule has 1 saturated heterocycles. The zero-order valence-electron chi connectivity index (χ0n) is 16.3. The van der Waals surface area contributed by atoms with Crippen LogP contribution in [0.1, 0.15) is 0 Å². The van der Waals surface area contributed by atoms with E-state index in [4.69, 9.17) is 14.0 Å². The number of hydrogen-bond donors (Lipinski definition) is 0. The number of nitrogens with zero attached hydrogens (tertiary/aromatic N) is 2. The Morgan fingerprint density at radius 3 is 2.68 bits per heavy atom. The van der Waals surface area contributed by atoms with Crippen molar-refractivity contribution >= 4 is 17.3 Å². The van der Waals surface area contributed by atoms with Crippen LogP contribution in [0.4, 0.5) is 13.2 Å². The van der Waals surface area contributed by atoms with Gasteiger partial charge in [0.2, 0.25) is 0 Å². The zero-order chi connectivity index (χ0) is 21.8. The van der Waals surface area contributed by atoms with E-state index in [1.54, 1.807) is 18.2 Å². The summed E-state index contributed by atoms with van der Waals surface area (Å²) in [5.41, 5.74) is 1.96. The van der Waals surface area contributed by atoms with Crippen LogP contribution in [0.25, 0.3) is 22.1 Å². The van der Waals surface area contributed by atoms with E-state index in [0.717, 1.165) is 11.8 Å². The van der Waals surface area contributed by atoms with Crippen molar-refractivity contribution in [1.82, 2.24) is 10.1 Å². The Balaban J connectivity index is 1.50. The van der Waals surface area contributed by atoms with E-state index in [9.17, 15) is 18.0 Å². The van der Waals surface area contributed by atoms with E-state index in [-0.39, 0.29) is 18.4 Å². The van der Waals surface area contributed by atoms with Crippen LogP contribution in [0.3, 0.4) is 0 Å². The lowest BCUT2D eigenvalue weighted by Crippen LogP contribution is -2.49. The fourth-order valence-electron chi connectivity index (χ4n) is 3.40. The van der Waals surface area contributed by atoms with Gasteiger partial charge in [-0.25, -0.2) is 0 Å². The summed E-state index contributed by atoms with van der Waals surface area (Å²) in [6.07, 6.45) is -3.89. The molecule has 31 heavy (non-hydrogen) atoms. The number of aromatic nitrogens is 1. The summed E-state index contributed by atoms with van der Waals surface area (Å²) in [6.45, 7) is 2.22. The van der Waals surface area contributed by atoms with Gasteiger partial charge in [-0.2, -0.15) is 0 Å². The van der Waals surface area contributed by atoms with Crippen LogP contribution < -0.4 is 9.47 Å². The molecule has 7 nitrogen and oxygen atoms in total. The Kier molecular flexibility index (Phi) is 6.10. The lowest BCUT2D eigenvalue weighted by Gasteiger charge is -2.33. The van der Waals surface area contributed by atoms with Crippen LogP contribution in [-0.4, -0.2) is 61.7 Å². The first kappa shape index (κ1) is 21.1. The number of halogens is 3. The van der Waals surface area contributed by atoms with Gasteiger partial charge in [0.05, 0.1) is 31.2 Å². The van der Waals surface area contributed by atoms with Gasteiger partial charge in [-0.05, 0) is 40.5 Å². The van der Waals surface area contributed by atoms with E-state index >= 15 is 0 Å². The molecule has 0 saturated carbocycles. The van der Waals surface area contributed by atoms with Crippen molar-refractivity contribution in [3.63, 3.8) is 0 Å². The number of rotatable bonds is 7. The van der Waals surface area contributed by atoms with Crippen LogP contribution >= 0.6 is 0 Å². The largest absolute Gasteiger partial charge is 0.573 e. The van der Waals surface area contributed by atoms with Crippen LogP contribution in [0.2, 0.25) is 0 Å². The second kappa shape index (κ2) is 8.94. The van der Waals surface area contributed by atoms with Crippen molar-refractivity contribution in [2.24, 2.45) is 0 Å². The highest BCUT2D eigenvalue weighted by molar-refractivity contribution is 5.87. The maximum atomic E-state index is 12.3. The number of ether oxygens (including phenoxy) is 3. The smallest absolute Gasteiger partial charge is 0.473 e. The molecule has 1 aromatic heterocycles. The molecular weight excluding hydrogens is 417 g/mol. The van der Waals surface area contributed by atoms with Crippen molar-refractivity contribution in [3.05, 3.63) is 42.5 Å². The summed E-state index contributed by atoms with van der Waals surface area (Å²) in [4.78, 5) is 12.9. The Morgan fingerprint density at radius 2 is 1.94 bits per heavy atom. The predicted molar refractivity (Wildman–Crippen MR) is 104 cm³/mol. The number of fused-ring (bicyclic) bond motifs is 1. The Labute approximate surface area is 175 Å². The molecule has 0 aliphatic carbocycles. The average Bonchev–Trinajstić information content (AvgIpc) is 3.15. The minimum absolute atomic E-state index is 0.0879. The molecule has 1 aliphatic rings. The van der Waals surface area contributed by atoms with Gasteiger partial charge in [0.1, 0.15) is 18.6 Å². The Bertz CT molecular complexity index is 1040. The fourth-order valence-corrected chi connectivity index (χ4v) is 3.40. The Hall–Kier alpha value is -3.11. The normalized spacial score (nSPS) is 17.6. The molecule has 0 unspecified atom stereocenters. The SMILES string of the molecule is O=CCN1CCOC[C@H]1COc1noc2ccc(-c3ccc(OC(F)(F)F)cc3)cc12. The molecule has 1 atom stereocenters. The third kappa shape index (κ3) is 5.15. The monoisotopic (exact) mass is 436 g/mol. The third-order valence-electron chi connectivity index (χ3n) is 4.93. The third-order valence-corrected chi connectivity index (χ3v) is 4.93. The van der Waals surface area contributed by atoms with E-state index in [1.165, 1.54) is 24.3 Å². The number of morpholine rings is 1. The maximum Gasteiger partial charge on any atom is 0.573 e. The topological polar surface area (TPSA) is 74.0 Å². The summed E-state index contributed by atoms with van der Waals surface area (Å²) in [5, 5.41) is 4.60.